The molecule has 5 nitrogen and oxygen atoms in total. The molecule has 0 spiro atoms. The molecule has 1 aliphatic rings. The van der Waals surface area contributed by atoms with Crippen molar-refractivity contribution in [2.24, 2.45) is 0 Å². The van der Waals surface area contributed by atoms with E-state index in [1.54, 1.807) is 0 Å². The van der Waals surface area contributed by atoms with Crippen LogP contribution in [0.4, 0.5) is 5.69 Å². The summed E-state index contributed by atoms with van der Waals surface area (Å²) in [4.78, 5) is 19.1. The van der Waals surface area contributed by atoms with E-state index in [1.165, 1.54) is 0 Å². The number of fused-ring (bicyclic) bond motifs is 1. The zero-order valence-electron chi connectivity index (χ0n) is 17.7. The summed E-state index contributed by atoms with van der Waals surface area (Å²) in [6, 6.07) is 25.8. The number of ether oxygens (including phenoxy) is 2. The fourth-order valence-electron chi connectivity index (χ4n) is 4.03. The van der Waals surface area contributed by atoms with Crippen LogP contribution in [0.5, 0.6) is 5.75 Å². The van der Waals surface area contributed by atoms with Gasteiger partial charge in [-0.1, -0.05) is 42.5 Å². The fourth-order valence-corrected chi connectivity index (χ4v) is 4.03. The molecule has 2 heterocycles. The van der Waals surface area contributed by atoms with Gasteiger partial charge in [0.25, 0.3) is 0 Å². The van der Waals surface area contributed by atoms with Crippen LogP contribution in [0, 0.1) is 0 Å². The Morgan fingerprint density at radius 3 is 2.53 bits per heavy atom. The number of nitrogens with zero attached hydrogens (tertiary/aromatic N) is 2. The number of para-hydroxylation sites is 1. The van der Waals surface area contributed by atoms with Crippen molar-refractivity contribution in [2.75, 3.05) is 31.2 Å². The molecule has 160 valence electrons. The Morgan fingerprint density at radius 2 is 1.72 bits per heavy atom. The van der Waals surface area contributed by atoms with Crippen LogP contribution in [0.2, 0.25) is 0 Å². The normalized spacial score (nSPS) is 13.8. The molecule has 1 saturated heterocycles. The number of aromatic nitrogens is 1. The SMILES string of the molecule is O=Cc1cc(-c2ccccc2OCc2ccccc2)nc2ccc(N3CCOCC3)cc12. The maximum atomic E-state index is 12.0. The average Bonchev–Trinajstić information content (AvgIpc) is 2.88. The Morgan fingerprint density at radius 1 is 0.938 bits per heavy atom. The van der Waals surface area contributed by atoms with Gasteiger partial charge in [0, 0.05) is 35.3 Å². The van der Waals surface area contributed by atoms with Crippen molar-refractivity contribution in [2.45, 2.75) is 6.61 Å². The van der Waals surface area contributed by atoms with Gasteiger partial charge in [-0.3, -0.25) is 4.79 Å². The maximum absolute atomic E-state index is 12.0. The smallest absolute Gasteiger partial charge is 0.150 e. The van der Waals surface area contributed by atoms with E-state index < -0.39 is 0 Å². The molecule has 4 aromatic rings. The molecule has 0 atom stereocenters. The van der Waals surface area contributed by atoms with Crippen molar-refractivity contribution in [3.8, 4) is 17.0 Å². The fraction of sp³-hybridized carbons (Fsp3) is 0.185. The van der Waals surface area contributed by atoms with Crippen LogP contribution in [-0.4, -0.2) is 37.6 Å². The molecule has 0 aliphatic carbocycles. The van der Waals surface area contributed by atoms with E-state index in [4.69, 9.17) is 14.5 Å². The topological polar surface area (TPSA) is 51.7 Å². The van der Waals surface area contributed by atoms with Crippen molar-refractivity contribution in [3.63, 3.8) is 0 Å². The van der Waals surface area contributed by atoms with Crippen LogP contribution < -0.4 is 9.64 Å². The maximum Gasteiger partial charge on any atom is 0.150 e. The Balaban J connectivity index is 1.50. The summed E-state index contributed by atoms with van der Waals surface area (Å²) in [5.41, 5.74) is 5.19. The van der Waals surface area contributed by atoms with Crippen molar-refractivity contribution in [1.82, 2.24) is 4.98 Å². The van der Waals surface area contributed by atoms with E-state index in [0.717, 1.165) is 71.8 Å². The van der Waals surface area contributed by atoms with E-state index in [9.17, 15) is 4.79 Å². The van der Waals surface area contributed by atoms with Gasteiger partial charge in [0.05, 0.1) is 24.4 Å². The number of pyridine rings is 1. The minimum absolute atomic E-state index is 0.467. The molecule has 0 amide bonds. The van der Waals surface area contributed by atoms with Gasteiger partial charge in [0.2, 0.25) is 0 Å². The molecule has 3 aromatic carbocycles. The lowest BCUT2D eigenvalue weighted by Crippen LogP contribution is -2.36. The molecule has 32 heavy (non-hydrogen) atoms. The molecule has 1 aromatic heterocycles. The lowest BCUT2D eigenvalue weighted by molar-refractivity contribution is 0.112. The van der Waals surface area contributed by atoms with Crippen LogP contribution in [-0.2, 0) is 11.3 Å². The molecule has 0 N–H and O–H groups in total. The summed E-state index contributed by atoms with van der Waals surface area (Å²) < 4.78 is 11.6. The second-order valence-corrected chi connectivity index (χ2v) is 7.79. The van der Waals surface area contributed by atoms with Crippen LogP contribution in [0.3, 0.4) is 0 Å². The first kappa shape index (κ1) is 20.2. The highest BCUT2D eigenvalue weighted by molar-refractivity contribution is 5.99. The van der Waals surface area contributed by atoms with E-state index in [-0.39, 0.29) is 0 Å². The predicted octanol–water partition coefficient (Wildman–Crippen LogP) is 5.13. The standard InChI is InChI=1S/C27H24N2O3/c30-18-21-16-26(23-8-4-5-9-27(23)32-19-20-6-2-1-3-7-20)28-25-11-10-22(17-24(21)25)29-12-14-31-15-13-29/h1-11,16-18H,12-15,19H2. The number of carbonyl (C=O) groups excluding carboxylic acids is 1. The summed E-state index contributed by atoms with van der Waals surface area (Å²) in [5, 5.41) is 0.857. The highest BCUT2D eigenvalue weighted by Gasteiger charge is 2.15. The molecule has 1 aliphatic heterocycles. The van der Waals surface area contributed by atoms with Crippen LogP contribution in [0.15, 0.2) is 78.9 Å². The van der Waals surface area contributed by atoms with Crippen molar-refractivity contribution < 1.29 is 14.3 Å². The van der Waals surface area contributed by atoms with Gasteiger partial charge in [-0.2, -0.15) is 0 Å². The average molecular weight is 425 g/mol. The summed E-state index contributed by atoms with van der Waals surface area (Å²) >= 11 is 0. The van der Waals surface area contributed by atoms with Gasteiger partial charge < -0.3 is 14.4 Å². The number of anilines is 1. The zero-order chi connectivity index (χ0) is 21.8. The third kappa shape index (κ3) is 4.20. The molecular weight excluding hydrogens is 400 g/mol. The predicted molar refractivity (Wildman–Crippen MR) is 126 cm³/mol. The van der Waals surface area contributed by atoms with Gasteiger partial charge in [-0.15, -0.1) is 0 Å². The van der Waals surface area contributed by atoms with Gasteiger partial charge in [0.15, 0.2) is 6.29 Å². The Labute approximate surface area is 187 Å². The Hall–Kier alpha value is -3.70. The first-order chi connectivity index (χ1) is 15.8. The summed E-state index contributed by atoms with van der Waals surface area (Å²) in [5.74, 6) is 0.741. The quantitative estimate of drug-likeness (QED) is 0.402. The largest absolute Gasteiger partial charge is 0.488 e. The molecule has 1 fully saturated rings. The Bertz CT molecular complexity index is 1230. The number of hydrogen-bond donors (Lipinski definition) is 0. The highest BCUT2D eigenvalue weighted by atomic mass is 16.5. The molecule has 0 bridgehead atoms. The summed E-state index contributed by atoms with van der Waals surface area (Å²) in [7, 11) is 0. The number of hydrogen-bond acceptors (Lipinski definition) is 5. The second-order valence-electron chi connectivity index (χ2n) is 7.79. The molecule has 0 unspecified atom stereocenters. The lowest BCUT2D eigenvalue weighted by atomic mass is 10.0. The number of benzene rings is 3. The number of morpholine rings is 1. The van der Waals surface area contributed by atoms with Crippen LogP contribution in [0.25, 0.3) is 22.2 Å². The number of rotatable bonds is 6. The first-order valence-electron chi connectivity index (χ1n) is 10.8. The summed E-state index contributed by atoms with van der Waals surface area (Å²) in [6.45, 7) is 3.60. The molecular formula is C27H24N2O3. The monoisotopic (exact) mass is 424 g/mol. The molecule has 5 rings (SSSR count). The molecule has 0 radical (unpaired) electrons. The molecule has 0 saturated carbocycles. The second kappa shape index (κ2) is 9.20. The Kier molecular flexibility index (Phi) is 5.81. The van der Waals surface area contributed by atoms with Gasteiger partial charge in [-0.25, -0.2) is 4.98 Å². The van der Waals surface area contributed by atoms with Crippen LogP contribution >= 0.6 is 0 Å². The number of aldehydes is 1. The summed E-state index contributed by atoms with van der Waals surface area (Å²) in [6.07, 6.45) is 0.907. The van der Waals surface area contributed by atoms with Gasteiger partial charge in [-0.05, 0) is 42.0 Å². The van der Waals surface area contributed by atoms with Crippen LogP contribution in [0.1, 0.15) is 15.9 Å². The third-order valence-corrected chi connectivity index (χ3v) is 5.73. The van der Waals surface area contributed by atoms with E-state index in [1.807, 2.05) is 66.7 Å². The van der Waals surface area contributed by atoms with Crippen molar-refractivity contribution in [3.05, 3.63) is 90.0 Å². The van der Waals surface area contributed by atoms with Gasteiger partial charge in [0.1, 0.15) is 12.4 Å². The zero-order valence-corrected chi connectivity index (χ0v) is 17.7. The molecule has 5 heteroatoms. The van der Waals surface area contributed by atoms with Crippen molar-refractivity contribution >= 4 is 22.9 Å². The van der Waals surface area contributed by atoms with E-state index in [2.05, 4.69) is 17.0 Å². The lowest BCUT2D eigenvalue weighted by Gasteiger charge is -2.29. The highest BCUT2D eigenvalue weighted by Crippen LogP contribution is 2.33. The third-order valence-electron chi connectivity index (χ3n) is 5.73. The number of carbonyl (C=O) groups is 1. The first-order valence-corrected chi connectivity index (χ1v) is 10.8. The van der Waals surface area contributed by atoms with Crippen molar-refractivity contribution in [1.29, 1.82) is 0 Å². The van der Waals surface area contributed by atoms with E-state index in [0.29, 0.717) is 12.2 Å². The minimum Gasteiger partial charge on any atom is -0.488 e. The van der Waals surface area contributed by atoms with E-state index >= 15 is 0 Å². The minimum atomic E-state index is 0.467. The van der Waals surface area contributed by atoms with Gasteiger partial charge >= 0.3 is 0 Å².